The second-order valence-corrected chi connectivity index (χ2v) is 21.6. The van der Waals surface area contributed by atoms with Gasteiger partial charge in [-0.3, -0.25) is 37.4 Å². The molecule has 0 aliphatic carbocycles. The van der Waals surface area contributed by atoms with E-state index in [1.54, 1.807) is 0 Å². The van der Waals surface area contributed by atoms with E-state index in [9.17, 15) is 84.8 Å². The number of anilines is 7. The van der Waals surface area contributed by atoms with Crippen LogP contribution < -0.4 is 40.1 Å². The van der Waals surface area contributed by atoms with Crippen molar-refractivity contribution >= 4 is 133 Å². The lowest BCUT2D eigenvalue weighted by Crippen LogP contribution is -2.08. The van der Waals surface area contributed by atoms with Crippen molar-refractivity contribution < 1.29 is 93.0 Å². The SMILES string of the molecule is Nc1cc(S(=O)(=O)O)c2cc(S(=O)(=O)O)c(N)c(O)c2c1N.Nc1ccc(N=O)cc1S(=O)(=O)O.Nc1ccc([N+](=O)[O-])cc1S(=O)(=O)O.Nc1ccc2c(O)c(N)c(S(=O)(=O)O)cc2c1S(=O)(=O)O. The van der Waals surface area contributed by atoms with Crippen LogP contribution in [0.25, 0.3) is 21.5 Å². The van der Waals surface area contributed by atoms with E-state index in [2.05, 4.69) is 5.18 Å². The van der Waals surface area contributed by atoms with Crippen molar-refractivity contribution in [1.29, 1.82) is 0 Å². The average Bonchev–Trinajstić information content (AvgIpc) is 3.20. The van der Waals surface area contributed by atoms with Crippen molar-refractivity contribution in [3.05, 3.63) is 81.8 Å². The van der Waals surface area contributed by atoms with Gasteiger partial charge in [0.1, 0.15) is 46.6 Å². The summed E-state index contributed by atoms with van der Waals surface area (Å²) < 4.78 is 187. The number of non-ortho nitro benzene ring substituents is 1. The molecule has 6 rings (SSSR count). The fraction of sp³-hybridized carbons (Fsp3) is 0. The normalized spacial score (nSPS) is 12.1. The molecule has 6 aromatic rings. The number of benzene rings is 6. The lowest BCUT2D eigenvalue weighted by atomic mass is 10.1. The lowest BCUT2D eigenvalue weighted by molar-refractivity contribution is -0.385. The van der Waals surface area contributed by atoms with Gasteiger partial charge in [0.25, 0.3) is 66.4 Å². The quantitative estimate of drug-likeness (QED) is 0.0255. The van der Waals surface area contributed by atoms with Crippen LogP contribution >= 0.6 is 0 Å². The number of nitrogens with two attached hydrogens (primary N) is 7. The number of nitrogens with zero attached hydrogens (tertiary/aromatic N) is 2. The van der Waals surface area contributed by atoms with Gasteiger partial charge in [-0.1, -0.05) is 0 Å². The third kappa shape index (κ3) is 12.8. The molecule has 0 unspecified atom stereocenters. The van der Waals surface area contributed by atoms with E-state index in [4.69, 9.17) is 58.3 Å². The maximum absolute atomic E-state index is 11.4. The zero-order valence-electron chi connectivity index (χ0n) is 33.9. The number of aromatic hydroxyl groups is 2. The first-order chi connectivity index (χ1) is 31.6. The van der Waals surface area contributed by atoms with Gasteiger partial charge in [-0.15, -0.1) is 4.91 Å². The highest BCUT2D eigenvalue weighted by atomic mass is 32.2. The lowest BCUT2D eigenvalue weighted by Gasteiger charge is -2.14. The van der Waals surface area contributed by atoms with Crippen molar-refractivity contribution in [2.75, 3.05) is 40.1 Å². The molecular weight excluding hydrogens is 1070 g/mol. The highest BCUT2D eigenvalue weighted by Crippen LogP contribution is 2.44. The maximum atomic E-state index is 11.4. The molecule has 0 aliphatic heterocycles. The summed E-state index contributed by atoms with van der Waals surface area (Å²) in [6.07, 6.45) is 0. The molecule has 0 bridgehead atoms. The molecule has 0 saturated carbocycles. The predicted molar refractivity (Wildman–Crippen MR) is 246 cm³/mol. The van der Waals surface area contributed by atoms with E-state index in [0.29, 0.717) is 18.2 Å². The van der Waals surface area contributed by atoms with Crippen molar-refractivity contribution in [3.63, 3.8) is 0 Å². The van der Waals surface area contributed by atoms with Crippen molar-refractivity contribution in [3.8, 4) is 11.5 Å². The molecule has 0 atom stereocenters. The van der Waals surface area contributed by atoms with Gasteiger partial charge >= 0.3 is 0 Å². The Hall–Kier alpha value is -7.50. The maximum Gasteiger partial charge on any atom is 0.297 e. The Bertz CT molecular complexity index is 3880. The number of fused-ring (bicyclic) bond motifs is 2. The number of phenols is 2. The summed E-state index contributed by atoms with van der Waals surface area (Å²) in [5.74, 6) is -1.65. The van der Waals surface area contributed by atoms with Crippen LogP contribution in [0.15, 0.2) is 101 Å². The van der Waals surface area contributed by atoms with Crippen LogP contribution in [0.2, 0.25) is 0 Å². The first-order valence-corrected chi connectivity index (χ1v) is 25.8. The third-order valence-corrected chi connectivity index (χ3v) is 14.1. The van der Waals surface area contributed by atoms with Crippen LogP contribution in [0, 0.1) is 15.0 Å². The van der Waals surface area contributed by atoms with Gasteiger partial charge in [0.05, 0.1) is 50.1 Å². The number of nitro benzene ring substituents is 1. The third-order valence-electron chi connectivity index (χ3n) is 8.67. The zero-order valence-corrected chi connectivity index (χ0v) is 38.8. The summed E-state index contributed by atoms with van der Waals surface area (Å²) in [6.45, 7) is 0. The van der Waals surface area contributed by atoms with Gasteiger partial charge in [-0.25, -0.2) is 0 Å². The number of hydrogen-bond acceptors (Lipinski definition) is 25. The molecule has 0 heterocycles. The summed E-state index contributed by atoms with van der Waals surface area (Å²) in [5, 5.41) is 31.3. The molecule has 0 spiro atoms. The summed E-state index contributed by atoms with van der Waals surface area (Å²) in [4.78, 5) is 14.9. The van der Waals surface area contributed by atoms with Gasteiger partial charge < -0.3 is 50.3 Å². The molecule has 0 saturated heterocycles. The Morgan fingerprint density at radius 1 is 0.429 bits per heavy atom. The van der Waals surface area contributed by atoms with E-state index in [1.165, 1.54) is 18.2 Å². The van der Waals surface area contributed by atoms with Gasteiger partial charge in [-0.2, -0.15) is 50.5 Å². The largest absolute Gasteiger partial charge is 0.505 e. The molecule has 380 valence electrons. The van der Waals surface area contributed by atoms with Gasteiger partial charge in [0.2, 0.25) is 0 Å². The second kappa shape index (κ2) is 19.8. The minimum absolute atomic E-state index is 0.109. The van der Waals surface area contributed by atoms with Crippen molar-refractivity contribution in [1.82, 2.24) is 0 Å². The molecule has 32 nitrogen and oxygen atoms in total. The summed E-state index contributed by atoms with van der Waals surface area (Å²) in [6, 6.07) is 10.6. The fourth-order valence-electron chi connectivity index (χ4n) is 5.60. The van der Waals surface area contributed by atoms with Crippen molar-refractivity contribution in [2.45, 2.75) is 29.4 Å². The highest BCUT2D eigenvalue weighted by molar-refractivity contribution is 7.87. The Labute approximate surface area is 392 Å². The van der Waals surface area contributed by atoms with Gasteiger partial charge in [-0.05, 0) is 59.8 Å². The van der Waals surface area contributed by atoms with Gasteiger partial charge in [0.15, 0.2) is 0 Å². The second-order valence-electron chi connectivity index (χ2n) is 13.3. The fourth-order valence-corrected chi connectivity index (χ4v) is 9.68. The van der Waals surface area contributed by atoms with E-state index in [0.717, 1.165) is 30.3 Å². The Morgan fingerprint density at radius 3 is 1.27 bits per heavy atom. The molecule has 0 aliphatic rings. The van der Waals surface area contributed by atoms with E-state index in [-0.39, 0.29) is 44.9 Å². The number of rotatable bonds is 8. The van der Waals surface area contributed by atoms with E-state index < -0.39 is 134 Å². The molecule has 0 amide bonds. The topological polar surface area (TPSA) is 621 Å². The number of nitroso groups, excluding NO2 is 1. The summed E-state index contributed by atoms with van der Waals surface area (Å²) >= 11 is 0. The monoisotopic (exact) mass is 1100 g/mol. The standard InChI is InChI=1S/C10H11N3O7S2.C10H10N2O7S2.C6H6N2O5S.C6H6N2O4S/c11-4-2-5(21(15,16)17)3-1-6(22(18,19)20)9(13)10(14)7(3)8(4)12;11-6-2-1-4-5(10(6)21(17,18)19)3-7(20(14,15)16)8(12)9(4)13;7-5-2-1-4(8(9)10)3-6(5)14(11,12)13;7-5-2-1-4(8-9)3-6(5)13(10,11)12/h1-2,14H,11-13H2,(H,15,16,17)(H,18,19,20);1-3,13H,11-12H2,(H,14,15,16)(H,17,18,19);1-3H,7H2,(H,11,12,13);1-3H,7H2,(H,10,11,12). The minimum atomic E-state index is -4.87. The van der Waals surface area contributed by atoms with Gasteiger partial charge in [0, 0.05) is 28.3 Å². The average molecular weight is 1100 g/mol. The molecule has 0 radical (unpaired) electrons. The Morgan fingerprint density at radius 2 is 0.843 bits per heavy atom. The number of phenolic OH excluding ortho intramolecular Hbond substituents is 2. The Balaban J connectivity index is 0.000000253. The summed E-state index contributed by atoms with van der Waals surface area (Å²) in [7, 11) is -28.2. The number of hydrogen-bond donors (Lipinski definition) is 15. The molecule has 22 N–H and O–H groups in total. The number of nitrogen functional groups attached to an aromatic ring is 7. The molecule has 38 heteroatoms. The van der Waals surface area contributed by atoms with Crippen molar-refractivity contribution in [2.24, 2.45) is 5.18 Å². The number of nitro groups is 1. The Kier molecular flexibility index (Phi) is 16.1. The first kappa shape index (κ1) is 56.8. The van der Waals surface area contributed by atoms with Crippen LogP contribution in [0.5, 0.6) is 11.5 Å². The van der Waals surface area contributed by atoms with Crippen LogP contribution in [0.4, 0.5) is 51.2 Å². The van der Waals surface area contributed by atoms with Crippen LogP contribution in [-0.4, -0.2) is 93.0 Å². The van der Waals surface area contributed by atoms with Crippen LogP contribution in [0.1, 0.15) is 0 Å². The van der Waals surface area contributed by atoms with Crippen LogP contribution in [-0.2, 0) is 60.7 Å². The van der Waals surface area contributed by atoms with E-state index in [1.807, 2.05) is 0 Å². The molecule has 70 heavy (non-hydrogen) atoms. The molecular formula is C32H33N9O23S6. The smallest absolute Gasteiger partial charge is 0.297 e. The summed E-state index contributed by atoms with van der Waals surface area (Å²) in [5.41, 5.74) is 34.6. The molecule has 0 aromatic heterocycles. The van der Waals surface area contributed by atoms with E-state index >= 15 is 0 Å². The van der Waals surface area contributed by atoms with Crippen LogP contribution in [0.3, 0.4) is 0 Å². The minimum Gasteiger partial charge on any atom is -0.505 e. The predicted octanol–water partition coefficient (Wildman–Crippen LogP) is 1.33. The molecule has 6 aromatic carbocycles. The molecule has 0 fully saturated rings. The highest BCUT2D eigenvalue weighted by Gasteiger charge is 2.28. The first-order valence-electron chi connectivity index (χ1n) is 17.2. The zero-order chi connectivity index (χ0) is 54.2.